The second-order valence-electron chi connectivity index (χ2n) is 5.17. The Hall–Kier alpha value is -1.69. The monoisotopic (exact) mass is 318 g/mol. The number of aliphatic hydroxyl groups is 1. The van der Waals surface area contributed by atoms with Crippen LogP contribution in [0.3, 0.4) is 0 Å². The number of hydrogen-bond donors (Lipinski definition) is 3. The van der Waals surface area contributed by atoms with Gasteiger partial charge in [0.2, 0.25) is 0 Å². The Kier molecular flexibility index (Phi) is 6.12. The lowest BCUT2D eigenvalue weighted by atomic mass is 10.1. The molecular weight excluding hydrogens is 296 g/mol. The van der Waals surface area contributed by atoms with Crippen LogP contribution in [0.5, 0.6) is 0 Å². The molecule has 0 fully saturated rings. The molecular formula is C17H22N2O2S. The second kappa shape index (κ2) is 8.08. The summed E-state index contributed by atoms with van der Waals surface area (Å²) in [6, 6.07) is 9.23. The van der Waals surface area contributed by atoms with Crippen molar-refractivity contribution >= 4 is 22.2 Å². The average molecular weight is 318 g/mol. The fraction of sp³-hybridized carbons (Fsp3) is 0.353. The fourth-order valence-corrected chi connectivity index (χ4v) is 3.24. The smallest absolute Gasteiger partial charge is 0.256 e. The van der Waals surface area contributed by atoms with E-state index in [1.807, 2.05) is 30.3 Å². The molecule has 2 aromatic rings. The summed E-state index contributed by atoms with van der Waals surface area (Å²) in [6.45, 7) is 5.78. The van der Waals surface area contributed by atoms with Gasteiger partial charge in [0.15, 0.2) is 0 Å². The predicted octanol–water partition coefficient (Wildman–Crippen LogP) is 3.09. The summed E-state index contributed by atoms with van der Waals surface area (Å²) < 4.78 is 0. The maximum atomic E-state index is 12.3. The molecule has 0 aliphatic carbocycles. The van der Waals surface area contributed by atoms with Gasteiger partial charge in [-0.15, -0.1) is 11.3 Å². The van der Waals surface area contributed by atoms with Crippen LogP contribution in [0.1, 0.15) is 32.8 Å². The second-order valence-corrected chi connectivity index (χ2v) is 6.39. The number of hydrogen-bond acceptors (Lipinski definition) is 4. The van der Waals surface area contributed by atoms with E-state index in [1.165, 1.54) is 10.4 Å². The third-order valence-electron chi connectivity index (χ3n) is 3.59. The largest absolute Gasteiger partial charge is 0.396 e. The molecule has 0 radical (unpaired) electrons. The van der Waals surface area contributed by atoms with Crippen LogP contribution in [-0.2, 0) is 6.54 Å². The van der Waals surface area contributed by atoms with Crippen molar-refractivity contribution in [1.82, 2.24) is 5.32 Å². The molecule has 1 aromatic heterocycles. The van der Waals surface area contributed by atoms with Crippen molar-refractivity contribution in [3.05, 3.63) is 51.9 Å². The zero-order valence-electron chi connectivity index (χ0n) is 13.0. The molecule has 0 unspecified atom stereocenters. The molecule has 0 spiro atoms. The Balaban J connectivity index is 2.10. The molecule has 1 amide bonds. The Labute approximate surface area is 135 Å². The minimum Gasteiger partial charge on any atom is -0.396 e. The molecule has 0 bridgehead atoms. The molecule has 0 atom stereocenters. The number of nitrogens with one attached hydrogen (secondary N) is 2. The summed E-state index contributed by atoms with van der Waals surface area (Å²) in [5.41, 5.74) is 3.00. The van der Waals surface area contributed by atoms with Crippen LogP contribution in [0.4, 0.5) is 5.00 Å². The highest BCUT2D eigenvalue weighted by molar-refractivity contribution is 7.16. The van der Waals surface area contributed by atoms with Gasteiger partial charge in [0.1, 0.15) is 5.00 Å². The molecule has 1 heterocycles. The summed E-state index contributed by atoms with van der Waals surface area (Å²) in [7, 11) is 0. The molecule has 1 aromatic carbocycles. The van der Waals surface area contributed by atoms with E-state index >= 15 is 0 Å². The van der Waals surface area contributed by atoms with Gasteiger partial charge in [0.05, 0.1) is 0 Å². The first-order valence-corrected chi connectivity index (χ1v) is 8.22. The van der Waals surface area contributed by atoms with Gasteiger partial charge in [-0.25, -0.2) is 0 Å². The standard InChI is InChI=1S/C17H22N2O2S/c1-12-13(2)22-17(15(12)11-18-9-6-10-20)19-16(21)14-7-4-3-5-8-14/h3-5,7-8,18,20H,6,9-11H2,1-2H3,(H,19,21). The van der Waals surface area contributed by atoms with Crippen LogP contribution in [0.15, 0.2) is 30.3 Å². The van der Waals surface area contributed by atoms with Crippen molar-refractivity contribution in [2.24, 2.45) is 0 Å². The van der Waals surface area contributed by atoms with Crippen LogP contribution < -0.4 is 10.6 Å². The van der Waals surface area contributed by atoms with Crippen molar-refractivity contribution in [3.63, 3.8) is 0 Å². The minimum atomic E-state index is -0.0848. The maximum absolute atomic E-state index is 12.3. The van der Waals surface area contributed by atoms with Crippen molar-refractivity contribution < 1.29 is 9.90 Å². The number of aryl methyl sites for hydroxylation is 1. The Bertz CT molecular complexity index is 623. The number of carbonyl (C=O) groups is 1. The molecule has 22 heavy (non-hydrogen) atoms. The van der Waals surface area contributed by atoms with Gasteiger partial charge in [0.25, 0.3) is 5.91 Å². The minimum absolute atomic E-state index is 0.0848. The molecule has 0 saturated carbocycles. The molecule has 3 N–H and O–H groups in total. The molecule has 0 aliphatic rings. The number of aliphatic hydroxyl groups excluding tert-OH is 1. The van der Waals surface area contributed by atoms with E-state index in [2.05, 4.69) is 24.5 Å². The highest BCUT2D eigenvalue weighted by atomic mass is 32.1. The van der Waals surface area contributed by atoms with Crippen LogP contribution >= 0.6 is 11.3 Å². The summed E-state index contributed by atoms with van der Waals surface area (Å²) in [4.78, 5) is 13.5. The fourth-order valence-electron chi connectivity index (χ4n) is 2.17. The van der Waals surface area contributed by atoms with Gasteiger partial charge in [-0.1, -0.05) is 18.2 Å². The summed E-state index contributed by atoms with van der Waals surface area (Å²) in [5.74, 6) is -0.0848. The van der Waals surface area contributed by atoms with E-state index < -0.39 is 0 Å². The van der Waals surface area contributed by atoms with Gasteiger partial charge >= 0.3 is 0 Å². The molecule has 118 valence electrons. The lowest BCUT2D eigenvalue weighted by molar-refractivity contribution is 0.102. The van der Waals surface area contributed by atoms with Gasteiger partial charge in [-0.3, -0.25) is 4.79 Å². The van der Waals surface area contributed by atoms with E-state index in [0.717, 1.165) is 23.5 Å². The van der Waals surface area contributed by atoms with Gasteiger partial charge in [-0.05, 0) is 44.5 Å². The lowest BCUT2D eigenvalue weighted by Gasteiger charge is -2.09. The number of benzene rings is 1. The average Bonchev–Trinajstić information content (AvgIpc) is 2.79. The highest BCUT2D eigenvalue weighted by Crippen LogP contribution is 2.32. The van der Waals surface area contributed by atoms with Crippen molar-refractivity contribution in [2.75, 3.05) is 18.5 Å². The van der Waals surface area contributed by atoms with E-state index in [9.17, 15) is 4.79 Å². The maximum Gasteiger partial charge on any atom is 0.256 e. The summed E-state index contributed by atoms with van der Waals surface area (Å²) in [6.07, 6.45) is 0.730. The quantitative estimate of drug-likeness (QED) is 0.688. The van der Waals surface area contributed by atoms with Gasteiger partial charge < -0.3 is 15.7 Å². The normalized spacial score (nSPS) is 10.7. The van der Waals surface area contributed by atoms with Crippen LogP contribution in [0.25, 0.3) is 0 Å². The highest BCUT2D eigenvalue weighted by Gasteiger charge is 2.15. The number of carbonyl (C=O) groups excluding carboxylic acids is 1. The Morgan fingerprint density at radius 3 is 2.64 bits per heavy atom. The van der Waals surface area contributed by atoms with Gasteiger partial charge in [-0.2, -0.15) is 0 Å². The molecule has 5 heteroatoms. The van der Waals surface area contributed by atoms with Crippen molar-refractivity contribution in [2.45, 2.75) is 26.8 Å². The first-order chi connectivity index (χ1) is 10.6. The molecule has 0 saturated heterocycles. The zero-order valence-corrected chi connectivity index (χ0v) is 13.8. The number of rotatable bonds is 7. The third kappa shape index (κ3) is 4.16. The Morgan fingerprint density at radius 1 is 1.23 bits per heavy atom. The van der Waals surface area contributed by atoms with E-state index in [4.69, 9.17) is 5.11 Å². The van der Waals surface area contributed by atoms with E-state index in [1.54, 1.807) is 11.3 Å². The van der Waals surface area contributed by atoms with Crippen LogP contribution in [0, 0.1) is 13.8 Å². The predicted molar refractivity (Wildman–Crippen MR) is 91.6 cm³/mol. The zero-order chi connectivity index (χ0) is 15.9. The SMILES string of the molecule is Cc1sc(NC(=O)c2ccccc2)c(CNCCCO)c1C. The number of thiophene rings is 1. The first kappa shape index (κ1) is 16.7. The lowest BCUT2D eigenvalue weighted by Crippen LogP contribution is -2.18. The third-order valence-corrected chi connectivity index (χ3v) is 4.75. The van der Waals surface area contributed by atoms with Crippen LogP contribution in [0.2, 0.25) is 0 Å². The first-order valence-electron chi connectivity index (χ1n) is 7.40. The van der Waals surface area contributed by atoms with Gasteiger partial charge in [0, 0.05) is 29.2 Å². The molecule has 4 nitrogen and oxygen atoms in total. The Morgan fingerprint density at radius 2 is 1.95 bits per heavy atom. The van der Waals surface area contributed by atoms with Crippen molar-refractivity contribution in [1.29, 1.82) is 0 Å². The van der Waals surface area contributed by atoms with Crippen LogP contribution in [-0.4, -0.2) is 24.2 Å². The van der Waals surface area contributed by atoms with Crippen molar-refractivity contribution in [3.8, 4) is 0 Å². The summed E-state index contributed by atoms with van der Waals surface area (Å²) >= 11 is 1.61. The topological polar surface area (TPSA) is 61.4 Å². The number of anilines is 1. The molecule has 0 aliphatic heterocycles. The summed E-state index contributed by atoms with van der Waals surface area (Å²) in [5, 5.41) is 16.1. The van der Waals surface area contributed by atoms with E-state index in [0.29, 0.717) is 12.1 Å². The molecule has 2 rings (SSSR count). The number of amides is 1. The van der Waals surface area contributed by atoms with E-state index in [-0.39, 0.29) is 12.5 Å².